The number of carbonyl (C=O) groups is 4. The summed E-state index contributed by atoms with van der Waals surface area (Å²) in [6.45, 7) is 4.22. The van der Waals surface area contributed by atoms with E-state index < -0.39 is 42.0 Å². The first-order valence-corrected chi connectivity index (χ1v) is 12.6. The van der Waals surface area contributed by atoms with Crippen molar-refractivity contribution in [3.05, 3.63) is 71.8 Å². The summed E-state index contributed by atoms with van der Waals surface area (Å²) in [5.74, 6) is -1.94. The highest BCUT2D eigenvalue weighted by Gasteiger charge is 2.38. The number of ether oxygens (including phenoxy) is 1. The average Bonchev–Trinajstić information content (AvgIpc) is 3.38. The Labute approximate surface area is 217 Å². The minimum Gasteiger partial charge on any atom is -0.480 e. The van der Waals surface area contributed by atoms with Gasteiger partial charge in [-0.05, 0) is 36.3 Å². The monoisotopic (exact) mass is 509 g/mol. The molecule has 9 nitrogen and oxygen atoms in total. The Morgan fingerprint density at radius 1 is 0.946 bits per heavy atom. The number of nitrogens with zero attached hydrogens (tertiary/aromatic N) is 1. The van der Waals surface area contributed by atoms with Crippen molar-refractivity contribution in [3.63, 3.8) is 0 Å². The smallest absolute Gasteiger partial charge is 0.408 e. The number of nitrogens with one attached hydrogen (secondary N) is 2. The molecule has 198 valence electrons. The van der Waals surface area contributed by atoms with E-state index in [0.717, 1.165) is 11.1 Å². The highest BCUT2D eigenvalue weighted by molar-refractivity contribution is 5.93. The van der Waals surface area contributed by atoms with Gasteiger partial charge in [-0.15, -0.1) is 0 Å². The van der Waals surface area contributed by atoms with Gasteiger partial charge in [0, 0.05) is 13.0 Å². The van der Waals surface area contributed by atoms with Crippen LogP contribution in [0.1, 0.15) is 44.2 Å². The second kappa shape index (κ2) is 13.4. The van der Waals surface area contributed by atoms with Crippen molar-refractivity contribution in [3.8, 4) is 0 Å². The van der Waals surface area contributed by atoms with Crippen LogP contribution in [0.25, 0.3) is 0 Å². The van der Waals surface area contributed by atoms with E-state index >= 15 is 0 Å². The lowest BCUT2D eigenvalue weighted by Gasteiger charge is -2.29. The Morgan fingerprint density at radius 2 is 1.57 bits per heavy atom. The molecule has 1 aliphatic heterocycles. The standard InChI is InChI=1S/C28H35N3O6/c1-19(2)16-23(26(33)31-15-9-14-24(31)27(34)35)29-25(32)22(17-20-10-5-3-6-11-20)30-28(36)37-18-21-12-7-4-8-13-21/h3-8,10-13,19,22-24H,9,14-18H2,1-2H3,(H,29,32)(H,30,36)(H,34,35)/t22-,23-,24-/m0/s1. The number of amides is 3. The fourth-order valence-corrected chi connectivity index (χ4v) is 4.42. The summed E-state index contributed by atoms with van der Waals surface area (Å²) < 4.78 is 5.31. The quantitative estimate of drug-likeness (QED) is 0.427. The van der Waals surface area contributed by atoms with Crippen molar-refractivity contribution in [2.24, 2.45) is 5.92 Å². The minimum absolute atomic E-state index is 0.0480. The maximum Gasteiger partial charge on any atom is 0.408 e. The van der Waals surface area contributed by atoms with Gasteiger partial charge in [-0.25, -0.2) is 9.59 Å². The number of carbonyl (C=O) groups excluding carboxylic acids is 3. The number of carboxylic acid groups (broad SMARTS) is 1. The topological polar surface area (TPSA) is 125 Å². The number of likely N-dealkylation sites (tertiary alicyclic amines) is 1. The lowest BCUT2D eigenvalue weighted by Crippen LogP contribution is -2.56. The highest BCUT2D eigenvalue weighted by atomic mass is 16.5. The second-order valence-electron chi connectivity index (χ2n) is 9.67. The molecule has 0 unspecified atom stereocenters. The summed E-state index contributed by atoms with van der Waals surface area (Å²) in [6.07, 6.45) is 0.754. The molecule has 0 aliphatic carbocycles. The number of benzene rings is 2. The van der Waals surface area contributed by atoms with Crippen LogP contribution in [0.15, 0.2) is 60.7 Å². The van der Waals surface area contributed by atoms with Crippen LogP contribution >= 0.6 is 0 Å². The zero-order valence-corrected chi connectivity index (χ0v) is 21.3. The van der Waals surface area contributed by atoms with E-state index in [1.165, 1.54) is 4.90 Å². The molecule has 0 aromatic heterocycles. The lowest BCUT2D eigenvalue weighted by atomic mass is 10.0. The van der Waals surface area contributed by atoms with Crippen LogP contribution < -0.4 is 10.6 Å². The van der Waals surface area contributed by atoms with E-state index in [4.69, 9.17) is 4.74 Å². The van der Waals surface area contributed by atoms with E-state index in [1.807, 2.05) is 74.5 Å². The third-order valence-electron chi connectivity index (χ3n) is 6.25. The van der Waals surface area contributed by atoms with Crippen LogP contribution in [0.3, 0.4) is 0 Å². The molecule has 0 spiro atoms. The van der Waals surface area contributed by atoms with Gasteiger partial charge in [-0.2, -0.15) is 0 Å². The molecule has 1 fully saturated rings. The van der Waals surface area contributed by atoms with Crippen molar-refractivity contribution in [1.82, 2.24) is 15.5 Å². The van der Waals surface area contributed by atoms with Gasteiger partial charge in [0.2, 0.25) is 11.8 Å². The maximum absolute atomic E-state index is 13.4. The summed E-state index contributed by atoms with van der Waals surface area (Å²) in [5.41, 5.74) is 1.63. The van der Waals surface area contributed by atoms with Crippen LogP contribution in [0.5, 0.6) is 0 Å². The SMILES string of the molecule is CC(C)C[C@H](NC(=O)[C@H](Cc1ccccc1)NC(=O)OCc1ccccc1)C(=O)N1CCC[C@H]1C(=O)O. The molecule has 9 heteroatoms. The average molecular weight is 510 g/mol. The first-order valence-electron chi connectivity index (χ1n) is 12.6. The van der Waals surface area contributed by atoms with Crippen molar-refractivity contribution >= 4 is 23.9 Å². The minimum atomic E-state index is -1.05. The van der Waals surface area contributed by atoms with Gasteiger partial charge in [0.05, 0.1) is 0 Å². The van der Waals surface area contributed by atoms with Crippen molar-refractivity contribution in [1.29, 1.82) is 0 Å². The van der Waals surface area contributed by atoms with E-state index in [2.05, 4.69) is 10.6 Å². The highest BCUT2D eigenvalue weighted by Crippen LogP contribution is 2.20. The van der Waals surface area contributed by atoms with Crippen molar-refractivity contribution in [2.75, 3.05) is 6.54 Å². The Morgan fingerprint density at radius 3 is 2.16 bits per heavy atom. The summed E-state index contributed by atoms with van der Waals surface area (Å²) in [4.78, 5) is 52.3. The van der Waals surface area contributed by atoms with E-state index in [1.54, 1.807) is 0 Å². The van der Waals surface area contributed by atoms with E-state index in [9.17, 15) is 24.3 Å². The van der Waals surface area contributed by atoms with E-state index in [0.29, 0.717) is 25.8 Å². The second-order valence-corrected chi connectivity index (χ2v) is 9.67. The fourth-order valence-electron chi connectivity index (χ4n) is 4.42. The molecule has 3 amide bonds. The van der Waals surface area contributed by atoms with Gasteiger partial charge in [0.25, 0.3) is 0 Å². The zero-order chi connectivity index (χ0) is 26.8. The van der Waals surface area contributed by atoms with Crippen LogP contribution in [-0.4, -0.2) is 58.6 Å². The molecule has 2 aromatic carbocycles. The normalized spacial score (nSPS) is 16.6. The molecule has 37 heavy (non-hydrogen) atoms. The van der Waals surface area contributed by atoms with Gasteiger partial charge in [0.15, 0.2) is 0 Å². The zero-order valence-electron chi connectivity index (χ0n) is 21.3. The molecule has 3 rings (SSSR count). The van der Waals surface area contributed by atoms with E-state index in [-0.39, 0.29) is 18.9 Å². The van der Waals surface area contributed by atoms with Crippen LogP contribution in [-0.2, 0) is 32.1 Å². The van der Waals surface area contributed by atoms with Gasteiger partial charge in [0.1, 0.15) is 24.7 Å². The largest absolute Gasteiger partial charge is 0.480 e. The molecule has 1 aliphatic rings. The third-order valence-corrected chi connectivity index (χ3v) is 6.25. The molecular formula is C28H35N3O6. The van der Waals surface area contributed by atoms with Crippen molar-refractivity contribution < 1.29 is 29.0 Å². The number of alkyl carbamates (subject to hydrolysis) is 1. The molecule has 2 aromatic rings. The third kappa shape index (κ3) is 8.34. The molecule has 0 radical (unpaired) electrons. The first-order chi connectivity index (χ1) is 17.7. The van der Waals surface area contributed by atoms with Crippen LogP contribution in [0, 0.1) is 5.92 Å². The number of rotatable bonds is 11. The maximum atomic E-state index is 13.4. The van der Waals surface area contributed by atoms with Crippen molar-refractivity contribution in [2.45, 2.75) is 64.3 Å². The number of aliphatic carboxylic acids is 1. The number of hydrogen-bond acceptors (Lipinski definition) is 5. The van der Waals surface area contributed by atoms with Crippen LogP contribution in [0.2, 0.25) is 0 Å². The van der Waals surface area contributed by atoms with Gasteiger partial charge >= 0.3 is 12.1 Å². The van der Waals surface area contributed by atoms with Crippen LogP contribution in [0.4, 0.5) is 4.79 Å². The summed E-state index contributed by atoms with van der Waals surface area (Å²) in [5, 5.41) is 14.9. The Kier molecular flexibility index (Phi) is 10.1. The Balaban J connectivity index is 1.73. The molecule has 0 bridgehead atoms. The fraction of sp³-hybridized carbons (Fsp3) is 0.429. The molecule has 0 saturated carbocycles. The predicted octanol–water partition coefficient (Wildman–Crippen LogP) is 3.13. The summed E-state index contributed by atoms with van der Waals surface area (Å²) in [6, 6.07) is 15.6. The summed E-state index contributed by atoms with van der Waals surface area (Å²) >= 11 is 0. The first kappa shape index (κ1) is 27.7. The molecular weight excluding hydrogens is 474 g/mol. The Hall–Kier alpha value is -3.88. The lowest BCUT2D eigenvalue weighted by molar-refractivity contribution is -0.149. The van der Waals surface area contributed by atoms with Gasteiger partial charge < -0.3 is 25.4 Å². The molecule has 3 N–H and O–H groups in total. The molecule has 1 saturated heterocycles. The molecule has 3 atom stereocenters. The summed E-state index contributed by atoms with van der Waals surface area (Å²) in [7, 11) is 0. The van der Waals surface area contributed by atoms with Gasteiger partial charge in [-0.3, -0.25) is 9.59 Å². The van der Waals surface area contributed by atoms with Gasteiger partial charge in [-0.1, -0.05) is 74.5 Å². The number of hydrogen-bond donors (Lipinski definition) is 3. The molecule has 1 heterocycles. The Bertz CT molecular complexity index is 1060. The predicted molar refractivity (Wildman–Crippen MR) is 137 cm³/mol. The number of carboxylic acids is 1.